The third-order valence-electron chi connectivity index (χ3n) is 3.84. The molecule has 0 spiro atoms. The fourth-order valence-corrected chi connectivity index (χ4v) is 2.39. The first-order valence-electron chi connectivity index (χ1n) is 8.00. The highest BCUT2D eigenvalue weighted by atomic mass is 19.2. The number of hydrogen-bond acceptors (Lipinski definition) is 5. The minimum atomic E-state index is -1.77. The van der Waals surface area contributed by atoms with Crippen LogP contribution in [0.3, 0.4) is 0 Å². The van der Waals surface area contributed by atoms with E-state index < -0.39 is 46.9 Å². The number of aromatic nitrogens is 1. The summed E-state index contributed by atoms with van der Waals surface area (Å²) >= 11 is 0. The number of nitrogens with zero attached hydrogens (tertiary/aromatic N) is 1. The van der Waals surface area contributed by atoms with Gasteiger partial charge in [-0.25, -0.2) is 27.3 Å². The number of ether oxygens (including phenoxy) is 1. The van der Waals surface area contributed by atoms with Crippen molar-refractivity contribution in [3.05, 3.63) is 59.5 Å². The largest absolute Gasteiger partial charge is 0.449 e. The van der Waals surface area contributed by atoms with Crippen molar-refractivity contribution < 1.29 is 36.3 Å². The molecule has 1 atom stereocenters. The molecule has 1 amide bonds. The molecule has 10 heteroatoms. The van der Waals surface area contributed by atoms with Gasteiger partial charge >= 0.3 is 5.97 Å². The van der Waals surface area contributed by atoms with Crippen molar-refractivity contribution in [1.29, 1.82) is 0 Å². The first-order valence-corrected chi connectivity index (χ1v) is 8.00. The molecule has 1 unspecified atom stereocenters. The van der Waals surface area contributed by atoms with Gasteiger partial charge in [0.15, 0.2) is 41.3 Å². The van der Waals surface area contributed by atoms with Gasteiger partial charge in [0.1, 0.15) is 11.2 Å². The average molecular weight is 396 g/mol. The molecular weight excluding hydrogens is 384 g/mol. The second-order valence-corrected chi connectivity index (χ2v) is 5.67. The molecule has 6 nitrogen and oxygen atoms in total. The molecule has 0 radical (unpaired) electrons. The van der Waals surface area contributed by atoms with Crippen LogP contribution in [0.2, 0.25) is 0 Å². The van der Waals surface area contributed by atoms with Crippen LogP contribution in [-0.4, -0.2) is 23.0 Å². The molecule has 0 aliphatic heterocycles. The summed E-state index contributed by atoms with van der Waals surface area (Å²) in [7, 11) is 0. The van der Waals surface area contributed by atoms with Crippen LogP contribution >= 0.6 is 0 Å². The number of halogens is 4. The first kappa shape index (κ1) is 19.3. The van der Waals surface area contributed by atoms with Gasteiger partial charge in [0.25, 0.3) is 5.91 Å². The van der Waals surface area contributed by atoms with Crippen molar-refractivity contribution >= 4 is 28.7 Å². The fraction of sp³-hybridized carbons (Fsp3) is 0.167. The maximum absolute atomic E-state index is 13.7. The lowest BCUT2D eigenvalue weighted by molar-refractivity contribution is -0.124. The highest BCUT2D eigenvalue weighted by Gasteiger charge is 2.27. The van der Waals surface area contributed by atoms with E-state index >= 15 is 0 Å². The van der Waals surface area contributed by atoms with Crippen molar-refractivity contribution in [2.24, 2.45) is 0 Å². The number of carbonyl (C=O) groups is 2. The third kappa shape index (κ3) is 3.66. The lowest BCUT2D eigenvalue weighted by Crippen LogP contribution is -2.33. The number of amides is 1. The Balaban J connectivity index is 1.78. The van der Waals surface area contributed by atoms with Crippen molar-refractivity contribution in [1.82, 2.24) is 4.98 Å². The van der Waals surface area contributed by atoms with Crippen LogP contribution < -0.4 is 5.32 Å². The average Bonchev–Trinajstić information content (AvgIpc) is 3.15. The van der Waals surface area contributed by atoms with E-state index in [9.17, 15) is 27.2 Å². The molecule has 0 saturated heterocycles. The zero-order valence-corrected chi connectivity index (χ0v) is 14.3. The number of hydrogen-bond donors (Lipinski definition) is 1. The van der Waals surface area contributed by atoms with Gasteiger partial charge in [0, 0.05) is 6.07 Å². The van der Waals surface area contributed by atoms with Crippen molar-refractivity contribution in [2.45, 2.75) is 19.4 Å². The van der Waals surface area contributed by atoms with E-state index in [2.05, 4.69) is 4.98 Å². The summed E-state index contributed by atoms with van der Waals surface area (Å²) in [5.74, 6) is -8.97. The number of anilines is 1. The number of fused-ring (bicyclic) bond motifs is 1. The molecule has 0 bridgehead atoms. The van der Waals surface area contributed by atoms with Gasteiger partial charge in [0.2, 0.25) is 0 Å². The lowest BCUT2D eigenvalue weighted by atomic mass is 10.2. The van der Waals surface area contributed by atoms with E-state index in [1.54, 1.807) is 5.32 Å². The summed E-state index contributed by atoms with van der Waals surface area (Å²) in [6.07, 6.45) is -0.352. The molecule has 0 fully saturated rings. The second kappa shape index (κ2) is 7.67. The second-order valence-electron chi connectivity index (χ2n) is 5.67. The van der Waals surface area contributed by atoms with E-state index in [1.165, 1.54) is 31.5 Å². The summed E-state index contributed by atoms with van der Waals surface area (Å²) in [5.41, 5.74) is -0.448. The summed E-state index contributed by atoms with van der Waals surface area (Å²) in [4.78, 5) is 28.3. The van der Waals surface area contributed by atoms with Gasteiger partial charge in [-0.15, -0.1) is 0 Å². The van der Waals surface area contributed by atoms with Crippen LogP contribution in [0.4, 0.5) is 23.2 Å². The molecule has 1 heterocycles. The van der Waals surface area contributed by atoms with Crippen LogP contribution in [0.15, 0.2) is 35.1 Å². The van der Waals surface area contributed by atoms with Gasteiger partial charge < -0.3 is 14.5 Å². The van der Waals surface area contributed by atoms with Crippen LogP contribution in [-0.2, 0) is 9.53 Å². The Morgan fingerprint density at radius 3 is 2.46 bits per heavy atom. The van der Waals surface area contributed by atoms with Gasteiger partial charge in [-0.05, 0) is 24.6 Å². The summed E-state index contributed by atoms with van der Waals surface area (Å²) in [5, 5.41) is 1.72. The molecule has 0 saturated carbocycles. The molecule has 0 aliphatic rings. The van der Waals surface area contributed by atoms with Gasteiger partial charge in [0.05, 0.1) is 5.56 Å². The maximum Gasteiger partial charge on any atom is 0.339 e. The van der Waals surface area contributed by atoms with E-state index in [4.69, 9.17) is 9.15 Å². The predicted octanol–water partition coefficient (Wildman–Crippen LogP) is 3.96. The zero-order valence-electron chi connectivity index (χ0n) is 14.3. The standard InChI is InChI=1S/C18H12F4N2O4/c1-2-12(17(25)24-16-14(21)9(19)6-10(20)15(16)22)28-18(26)8-3-4-11-13(5-8)27-7-23-11/h3-7,12H,2H2,1H3,(H,24,25). The Bertz CT molecular complexity index is 1040. The topological polar surface area (TPSA) is 81.4 Å². The van der Waals surface area contributed by atoms with E-state index in [0.717, 1.165) is 0 Å². The van der Waals surface area contributed by atoms with Crippen LogP contribution in [0.25, 0.3) is 11.1 Å². The number of nitrogens with one attached hydrogen (secondary N) is 1. The first-order chi connectivity index (χ1) is 13.3. The fourth-order valence-electron chi connectivity index (χ4n) is 2.39. The molecule has 28 heavy (non-hydrogen) atoms. The Hall–Kier alpha value is -3.43. The maximum atomic E-state index is 13.7. The van der Waals surface area contributed by atoms with Crippen molar-refractivity contribution in [3.63, 3.8) is 0 Å². The Labute approximate surface area is 155 Å². The van der Waals surface area contributed by atoms with E-state index in [-0.39, 0.29) is 18.1 Å². The molecule has 1 aromatic heterocycles. The number of rotatable bonds is 5. The third-order valence-corrected chi connectivity index (χ3v) is 3.84. The van der Waals surface area contributed by atoms with Gasteiger partial charge in [-0.3, -0.25) is 4.79 Å². The minimum Gasteiger partial charge on any atom is -0.449 e. The number of oxazole rings is 1. The normalized spacial score (nSPS) is 12.0. The summed E-state index contributed by atoms with van der Waals surface area (Å²) < 4.78 is 64.0. The molecule has 0 aliphatic carbocycles. The van der Waals surface area contributed by atoms with Crippen LogP contribution in [0.5, 0.6) is 0 Å². The highest BCUT2D eigenvalue weighted by Crippen LogP contribution is 2.25. The smallest absolute Gasteiger partial charge is 0.339 e. The monoisotopic (exact) mass is 396 g/mol. The summed E-state index contributed by atoms with van der Waals surface area (Å²) in [6, 6.07) is 4.24. The molecule has 146 valence electrons. The van der Waals surface area contributed by atoms with E-state index in [1.807, 2.05) is 0 Å². The number of benzene rings is 2. The lowest BCUT2D eigenvalue weighted by Gasteiger charge is -2.17. The Morgan fingerprint density at radius 1 is 1.14 bits per heavy atom. The molecular formula is C18H12F4N2O4. The highest BCUT2D eigenvalue weighted by molar-refractivity contribution is 5.98. The van der Waals surface area contributed by atoms with Crippen molar-refractivity contribution in [2.75, 3.05) is 5.32 Å². The molecule has 1 N–H and O–H groups in total. The Morgan fingerprint density at radius 2 is 1.82 bits per heavy atom. The molecule has 3 rings (SSSR count). The molecule has 2 aromatic carbocycles. The minimum absolute atomic E-state index is 0.0112. The number of carbonyl (C=O) groups excluding carboxylic acids is 2. The SMILES string of the molecule is CCC(OC(=O)c1ccc2ncoc2c1)C(=O)Nc1c(F)c(F)cc(F)c1F. The molecule has 3 aromatic rings. The quantitative estimate of drug-likeness (QED) is 0.401. The van der Waals surface area contributed by atoms with Gasteiger partial charge in [-0.1, -0.05) is 6.92 Å². The summed E-state index contributed by atoms with van der Waals surface area (Å²) in [6.45, 7) is 1.47. The number of esters is 1. The zero-order chi connectivity index (χ0) is 20.4. The van der Waals surface area contributed by atoms with Crippen LogP contribution in [0.1, 0.15) is 23.7 Å². The Kier molecular flexibility index (Phi) is 5.30. The van der Waals surface area contributed by atoms with Crippen molar-refractivity contribution in [3.8, 4) is 0 Å². The van der Waals surface area contributed by atoms with E-state index in [0.29, 0.717) is 11.1 Å². The van der Waals surface area contributed by atoms with Crippen LogP contribution in [0, 0.1) is 23.3 Å². The predicted molar refractivity (Wildman–Crippen MR) is 88.4 cm³/mol. The van der Waals surface area contributed by atoms with Gasteiger partial charge in [-0.2, -0.15) is 0 Å².